The van der Waals surface area contributed by atoms with E-state index in [0.29, 0.717) is 22.7 Å². The minimum absolute atomic E-state index is 0.123. The van der Waals surface area contributed by atoms with Crippen molar-refractivity contribution in [2.45, 2.75) is 13.8 Å². The third kappa shape index (κ3) is 5.76. The van der Waals surface area contributed by atoms with E-state index in [1.807, 2.05) is 0 Å². The molecule has 1 aromatic carbocycles. The zero-order chi connectivity index (χ0) is 15.7. The maximum atomic E-state index is 12.0. The highest BCUT2D eigenvalue weighted by Gasteiger charge is 2.08. The van der Waals surface area contributed by atoms with E-state index >= 15 is 0 Å². The number of nitrogens with zero attached hydrogens (tertiary/aromatic N) is 1. The second-order valence-corrected chi connectivity index (χ2v) is 4.89. The summed E-state index contributed by atoms with van der Waals surface area (Å²) in [6.45, 7) is 7.90. The number of carbonyl (C=O) groups excluding carboxylic acids is 1. The molecule has 0 aliphatic rings. The lowest BCUT2D eigenvalue weighted by molar-refractivity contribution is 0.0949. The van der Waals surface area contributed by atoms with Crippen molar-refractivity contribution in [2.24, 2.45) is 5.73 Å². The van der Waals surface area contributed by atoms with Crippen LogP contribution < -0.4 is 11.1 Å². The Kier molecular flexibility index (Phi) is 7.84. The van der Waals surface area contributed by atoms with Gasteiger partial charge in [0.15, 0.2) is 0 Å². The lowest BCUT2D eigenvalue weighted by atomic mass is 10.1. The van der Waals surface area contributed by atoms with Gasteiger partial charge < -0.3 is 16.0 Å². The molecular weight excluding hydrogens is 286 g/mol. The predicted molar refractivity (Wildman–Crippen MR) is 87.5 cm³/mol. The first kappa shape index (κ1) is 17.5. The lowest BCUT2D eigenvalue weighted by Crippen LogP contribution is -2.34. The highest BCUT2D eigenvalue weighted by atomic mass is 35.5. The van der Waals surface area contributed by atoms with Crippen LogP contribution in [0, 0.1) is 11.8 Å². The van der Waals surface area contributed by atoms with E-state index in [9.17, 15) is 4.79 Å². The van der Waals surface area contributed by atoms with Gasteiger partial charge in [-0.1, -0.05) is 37.3 Å². The summed E-state index contributed by atoms with van der Waals surface area (Å²) in [6.07, 6.45) is 0. The van der Waals surface area contributed by atoms with Gasteiger partial charge >= 0.3 is 0 Å². The Morgan fingerprint density at radius 1 is 1.38 bits per heavy atom. The summed E-state index contributed by atoms with van der Waals surface area (Å²) in [7, 11) is 0. The minimum Gasteiger partial charge on any atom is -0.351 e. The minimum atomic E-state index is -0.123. The molecule has 0 saturated heterocycles. The van der Waals surface area contributed by atoms with Crippen LogP contribution in [0.3, 0.4) is 0 Å². The third-order valence-electron chi connectivity index (χ3n) is 3.16. The van der Waals surface area contributed by atoms with Crippen molar-refractivity contribution in [3.63, 3.8) is 0 Å². The maximum absolute atomic E-state index is 12.0. The SMILES string of the molecule is CCN(CC)CCNC(=O)c1ccc(C#CCN)c(Cl)c1. The average Bonchev–Trinajstić information content (AvgIpc) is 2.50. The molecule has 21 heavy (non-hydrogen) atoms. The molecule has 1 rings (SSSR count). The highest BCUT2D eigenvalue weighted by molar-refractivity contribution is 6.32. The van der Waals surface area contributed by atoms with Gasteiger partial charge in [0.2, 0.25) is 0 Å². The van der Waals surface area contributed by atoms with Gasteiger partial charge in [-0.15, -0.1) is 0 Å². The molecule has 1 aromatic rings. The van der Waals surface area contributed by atoms with Crippen molar-refractivity contribution in [3.05, 3.63) is 34.3 Å². The molecule has 1 amide bonds. The number of hydrogen-bond donors (Lipinski definition) is 2. The van der Waals surface area contributed by atoms with Crippen LogP contribution in [0.5, 0.6) is 0 Å². The molecule has 0 heterocycles. The Morgan fingerprint density at radius 2 is 2.10 bits per heavy atom. The summed E-state index contributed by atoms with van der Waals surface area (Å²) >= 11 is 6.11. The third-order valence-corrected chi connectivity index (χ3v) is 3.48. The second-order valence-electron chi connectivity index (χ2n) is 4.48. The first-order valence-electron chi connectivity index (χ1n) is 7.11. The smallest absolute Gasteiger partial charge is 0.251 e. The summed E-state index contributed by atoms with van der Waals surface area (Å²) < 4.78 is 0. The summed E-state index contributed by atoms with van der Waals surface area (Å²) in [5.41, 5.74) is 6.54. The number of rotatable bonds is 6. The molecular formula is C16H22ClN3O. The number of nitrogens with one attached hydrogen (secondary N) is 1. The summed E-state index contributed by atoms with van der Waals surface area (Å²) in [6, 6.07) is 5.10. The number of halogens is 1. The molecule has 0 fully saturated rings. The van der Waals surface area contributed by atoms with Crippen molar-refractivity contribution in [1.29, 1.82) is 0 Å². The Balaban J connectivity index is 2.61. The topological polar surface area (TPSA) is 58.4 Å². The highest BCUT2D eigenvalue weighted by Crippen LogP contribution is 2.16. The standard InChI is InChI=1S/C16H22ClN3O/c1-3-20(4-2)11-10-19-16(21)14-8-7-13(6-5-9-18)15(17)12-14/h7-8,12H,3-4,9-11,18H2,1-2H3,(H,19,21). The molecule has 5 heteroatoms. The van der Waals surface area contributed by atoms with Gasteiger partial charge in [-0.25, -0.2) is 0 Å². The van der Waals surface area contributed by atoms with Crippen molar-refractivity contribution in [2.75, 3.05) is 32.7 Å². The molecule has 0 radical (unpaired) electrons. The van der Waals surface area contributed by atoms with Gasteiger partial charge in [-0.3, -0.25) is 4.79 Å². The normalized spacial score (nSPS) is 10.1. The maximum Gasteiger partial charge on any atom is 0.251 e. The fourth-order valence-electron chi connectivity index (χ4n) is 1.87. The van der Waals surface area contributed by atoms with Crippen molar-refractivity contribution in [3.8, 4) is 11.8 Å². The average molecular weight is 308 g/mol. The zero-order valence-electron chi connectivity index (χ0n) is 12.6. The fourth-order valence-corrected chi connectivity index (χ4v) is 2.10. The number of nitrogens with two attached hydrogens (primary N) is 1. The lowest BCUT2D eigenvalue weighted by Gasteiger charge is -2.18. The largest absolute Gasteiger partial charge is 0.351 e. The van der Waals surface area contributed by atoms with Crippen molar-refractivity contribution >= 4 is 17.5 Å². The molecule has 0 spiro atoms. The summed E-state index contributed by atoms with van der Waals surface area (Å²) in [5.74, 6) is 5.48. The van der Waals surface area contributed by atoms with Crippen LogP contribution in [-0.2, 0) is 0 Å². The van der Waals surface area contributed by atoms with E-state index in [2.05, 4.69) is 35.9 Å². The molecule has 0 aromatic heterocycles. The molecule has 0 aliphatic heterocycles. The molecule has 3 N–H and O–H groups in total. The molecule has 0 saturated carbocycles. The molecule has 0 atom stereocenters. The number of hydrogen-bond acceptors (Lipinski definition) is 3. The zero-order valence-corrected chi connectivity index (χ0v) is 13.3. The number of carbonyl (C=O) groups is 1. The van der Waals surface area contributed by atoms with Gasteiger partial charge in [0.1, 0.15) is 0 Å². The first-order chi connectivity index (χ1) is 10.1. The molecule has 4 nitrogen and oxygen atoms in total. The van der Waals surface area contributed by atoms with Crippen LogP contribution >= 0.6 is 11.6 Å². The predicted octanol–water partition coefficient (Wildman–Crippen LogP) is 1.72. The Labute approximate surface area is 131 Å². The first-order valence-corrected chi connectivity index (χ1v) is 7.49. The van der Waals surface area contributed by atoms with E-state index in [4.69, 9.17) is 17.3 Å². The second kappa shape index (κ2) is 9.41. The van der Waals surface area contributed by atoms with Crippen LogP contribution in [-0.4, -0.2) is 43.5 Å². The van der Waals surface area contributed by atoms with E-state index in [1.54, 1.807) is 18.2 Å². The molecule has 0 bridgehead atoms. The van der Waals surface area contributed by atoms with Gasteiger partial charge in [0.05, 0.1) is 11.6 Å². The van der Waals surface area contributed by atoms with Crippen LogP contribution in [0.1, 0.15) is 29.8 Å². The summed E-state index contributed by atoms with van der Waals surface area (Å²) in [5, 5.41) is 3.36. The summed E-state index contributed by atoms with van der Waals surface area (Å²) in [4.78, 5) is 14.3. The van der Waals surface area contributed by atoms with Crippen LogP contribution in [0.4, 0.5) is 0 Å². The molecule has 0 unspecified atom stereocenters. The van der Waals surface area contributed by atoms with Crippen LogP contribution in [0.25, 0.3) is 0 Å². The van der Waals surface area contributed by atoms with Crippen molar-refractivity contribution < 1.29 is 4.79 Å². The monoisotopic (exact) mass is 307 g/mol. The quantitative estimate of drug-likeness (QED) is 0.787. The van der Waals surface area contributed by atoms with E-state index in [1.165, 1.54) is 0 Å². The van der Waals surface area contributed by atoms with Gasteiger partial charge in [-0.05, 0) is 31.3 Å². The number of benzene rings is 1. The van der Waals surface area contributed by atoms with Crippen molar-refractivity contribution in [1.82, 2.24) is 10.2 Å². The number of likely N-dealkylation sites (N-methyl/N-ethyl adjacent to an activating group) is 1. The fraction of sp³-hybridized carbons (Fsp3) is 0.438. The van der Waals surface area contributed by atoms with Crippen LogP contribution in [0.15, 0.2) is 18.2 Å². The van der Waals surface area contributed by atoms with E-state index < -0.39 is 0 Å². The molecule has 114 valence electrons. The molecule has 0 aliphatic carbocycles. The van der Waals surface area contributed by atoms with Gasteiger partial charge in [0.25, 0.3) is 5.91 Å². The number of amides is 1. The Bertz CT molecular complexity index is 530. The van der Waals surface area contributed by atoms with E-state index in [0.717, 1.165) is 19.6 Å². The van der Waals surface area contributed by atoms with E-state index in [-0.39, 0.29) is 12.5 Å². The Hall–Kier alpha value is -1.54. The van der Waals surface area contributed by atoms with Gasteiger partial charge in [-0.2, -0.15) is 0 Å². The van der Waals surface area contributed by atoms with Gasteiger partial charge in [0, 0.05) is 24.2 Å². The van der Waals surface area contributed by atoms with Crippen LogP contribution in [0.2, 0.25) is 5.02 Å². The Morgan fingerprint density at radius 3 is 2.67 bits per heavy atom.